The number of rotatable bonds is 7. The average molecular weight is 522 g/mol. The van der Waals surface area contributed by atoms with E-state index in [2.05, 4.69) is 24.1 Å². The van der Waals surface area contributed by atoms with Crippen LogP contribution in [0.5, 0.6) is 11.5 Å². The van der Waals surface area contributed by atoms with Crippen LogP contribution in [0.3, 0.4) is 0 Å². The van der Waals surface area contributed by atoms with Gasteiger partial charge in [-0.25, -0.2) is 4.68 Å². The van der Waals surface area contributed by atoms with Crippen LogP contribution in [0.4, 0.5) is 11.6 Å². The van der Waals surface area contributed by atoms with Gasteiger partial charge in [0.2, 0.25) is 11.1 Å². The second kappa shape index (κ2) is 9.55. The zero-order valence-electron chi connectivity index (χ0n) is 20.7. The lowest BCUT2D eigenvalue weighted by Gasteiger charge is -2.38. The number of fused-ring (bicyclic) bond motifs is 1. The Labute approximate surface area is 217 Å². The van der Waals surface area contributed by atoms with E-state index < -0.39 is 11.0 Å². The van der Waals surface area contributed by atoms with Crippen molar-refractivity contribution in [2.45, 2.75) is 50.6 Å². The second-order valence-electron chi connectivity index (χ2n) is 9.90. The van der Waals surface area contributed by atoms with Crippen molar-refractivity contribution in [2.24, 2.45) is 5.41 Å². The molecule has 2 aromatic carbocycles. The summed E-state index contributed by atoms with van der Waals surface area (Å²) in [6.07, 6.45) is 1.10. The largest absolute Gasteiger partial charge is 0.504 e. The lowest BCUT2D eigenvalue weighted by atomic mass is 9.73. The maximum Gasteiger partial charge on any atom is 0.269 e. The Morgan fingerprint density at radius 3 is 2.84 bits per heavy atom. The summed E-state index contributed by atoms with van der Waals surface area (Å²) in [6, 6.07) is 11.0. The van der Waals surface area contributed by atoms with Gasteiger partial charge in [0, 0.05) is 35.6 Å². The minimum Gasteiger partial charge on any atom is -0.504 e. The smallest absolute Gasteiger partial charge is 0.269 e. The number of anilines is 1. The van der Waals surface area contributed by atoms with Crippen LogP contribution in [0, 0.1) is 15.5 Å². The van der Waals surface area contributed by atoms with Gasteiger partial charge in [-0.05, 0) is 42.0 Å². The van der Waals surface area contributed by atoms with Crippen LogP contribution in [0.25, 0.3) is 0 Å². The van der Waals surface area contributed by atoms with Crippen molar-refractivity contribution in [1.29, 1.82) is 0 Å². The van der Waals surface area contributed by atoms with Crippen LogP contribution < -0.4 is 10.1 Å². The molecule has 0 saturated heterocycles. The maximum atomic E-state index is 13.4. The topological polar surface area (TPSA) is 132 Å². The fourth-order valence-electron chi connectivity index (χ4n) is 4.84. The summed E-state index contributed by atoms with van der Waals surface area (Å²) < 4.78 is 7.31. The number of aromatic nitrogens is 3. The fourth-order valence-corrected chi connectivity index (χ4v) is 5.61. The third kappa shape index (κ3) is 4.91. The highest BCUT2D eigenvalue weighted by molar-refractivity contribution is 7.98. The number of ketones is 1. The fraction of sp³-hybridized carbons (Fsp3) is 0.346. The summed E-state index contributed by atoms with van der Waals surface area (Å²) in [5.74, 6) is 1.37. The summed E-state index contributed by atoms with van der Waals surface area (Å²) in [5, 5.41) is 29.9. The number of nitrogens with one attached hydrogen (secondary N) is 1. The van der Waals surface area contributed by atoms with Crippen LogP contribution in [0.15, 0.2) is 58.9 Å². The van der Waals surface area contributed by atoms with Crippen LogP contribution >= 0.6 is 11.8 Å². The van der Waals surface area contributed by atoms with E-state index >= 15 is 0 Å². The molecule has 1 unspecified atom stereocenters. The van der Waals surface area contributed by atoms with Crippen molar-refractivity contribution in [1.82, 2.24) is 14.8 Å². The van der Waals surface area contributed by atoms with Gasteiger partial charge in [0.1, 0.15) is 6.04 Å². The van der Waals surface area contributed by atoms with Crippen LogP contribution in [-0.2, 0) is 10.5 Å². The summed E-state index contributed by atoms with van der Waals surface area (Å²) in [4.78, 5) is 28.8. The third-order valence-electron chi connectivity index (χ3n) is 6.40. The number of phenolic OH excluding ortho intramolecular Hbond substituents is 1. The van der Waals surface area contributed by atoms with Crippen LogP contribution in [0.1, 0.15) is 50.8 Å². The number of Topliss-reactive ketones (excluding diaryl/α,β-unsaturated/α-hetero) is 1. The molecule has 1 aromatic heterocycles. The molecule has 1 aliphatic carbocycles. The normalized spacial score (nSPS) is 18.1. The first-order chi connectivity index (χ1) is 17.6. The van der Waals surface area contributed by atoms with E-state index in [9.17, 15) is 20.0 Å². The number of non-ortho nitro benzene ring substituents is 1. The molecule has 0 fully saturated rings. The van der Waals surface area contributed by atoms with Crippen molar-refractivity contribution in [2.75, 3.05) is 11.9 Å². The van der Waals surface area contributed by atoms with E-state index in [0.717, 1.165) is 16.8 Å². The molecule has 2 aliphatic rings. The first-order valence-electron chi connectivity index (χ1n) is 12.0. The Hall–Kier alpha value is -3.86. The summed E-state index contributed by atoms with van der Waals surface area (Å²) in [6.45, 7) is 6.36. The van der Waals surface area contributed by atoms with Gasteiger partial charge in [0.05, 0.1) is 11.5 Å². The number of hydrogen-bond donors (Lipinski definition) is 2. The van der Waals surface area contributed by atoms with E-state index in [1.54, 1.807) is 28.9 Å². The molecule has 0 spiro atoms. The van der Waals surface area contributed by atoms with Gasteiger partial charge < -0.3 is 15.2 Å². The first kappa shape index (κ1) is 24.8. The van der Waals surface area contributed by atoms with Crippen molar-refractivity contribution in [3.63, 3.8) is 0 Å². The van der Waals surface area contributed by atoms with Crippen molar-refractivity contribution in [3.8, 4) is 11.5 Å². The predicted octanol–water partition coefficient (Wildman–Crippen LogP) is 5.24. The SMILES string of the molecule is CCOc1cc(C2C3=C(CC(C)(C)CC3=O)Nc3nc(SCc4cccc([N+](=O)[O-])c4)nn32)ccc1O. The Morgan fingerprint density at radius 2 is 2.08 bits per heavy atom. The van der Waals surface area contributed by atoms with E-state index in [1.165, 1.54) is 23.9 Å². The molecule has 1 aliphatic heterocycles. The zero-order chi connectivity index (χ0) is 26.3. The quantitative estimate of drug-likeness (QED) is 0.243. The molecule has 37 heavy (non-hydrogen) atoms. The van der Waals surface area contributed by atoms with Crippen molar-refractivity contribution >= 4 is 29.2 Å². The summed E-state index contributed by atoms with van der Waals surface area (Å²) >= 11 is 1.36. The maximum absolute atomic E-state index is 13.4. The summed E-state index contributed by atoms with van der Waals surface area (Å²) in [5.41, 5.74) is 2.84. The van der Waals surface area contributed by atoms with Gasteiger partial charge in [-0.2, -0.15) is 4.98 Å². The predicted molar refractivity (Wildman–Crippen MR) is 139 cm³/mol. The average Bonchev–Trinajstić information content (AvgIpc) is 3.25. The second-order valence-corrected chi connectivity index (χ2v) is 10.8. The molecule has 0 radical (unpaired) electrons. The highest BCUT2D eigenvalue weighted by atomic mass is 32.2. The van der Waals surface area contributed by atoms with Gasteiger partial charge in [-0.1, -0.05) is 43.8 Å². The lowest BCUT2D eigenvalue weighted by Crippen LogP contribution is -2.36. The molecule has 2 heterocycles. The molecule has 1 atom stereocenters. The Balaban J connectivity index is 1.52. The van der Waals surface area contributed by atoms with Crippen LogP contribution in [0.2, 0.25) is 0 Å². The number of benzene rings is 2. The van der Waals surface area contributed by atoms with Gasteiger partial charge in [-0.15, -0.1) is 5.10 Å². The Bertz CT molecular complexity index is 1430. The molecule has 10 nitrogen and oxygen atoms in total. The first-order valence-corrected chi connectivity index (χ1v) is 13.0. The molecule has 0 bridgehead atoms. The highest BCUT2D eigenvalue weighted by Gasteiger charge is 2.42. The molecule has 0 amide bonds. The molecule has 192 valence electrons. The molecular weight excluding hydrogens is 494 g/mol. The number of carbonyl (C=O) groups excluding carboxylic acids is 1. The Kier molecular flexibility index (Phi) is 6.40. The molecule has 0 saturated carbocycles. The number of nitro benzene ring substituents is 1. The minimum absolute atomic E-state index is 0.0249. The monoisotopic (exact) mass is 521 g/mol. The van der Waals surface area contributed by atoms with E-state index in [0.29, 0.717) is 47.6 Å². The molecule has 2 N–H and O–H groups in total. The number of nitro groups is 1. The van der Waals surface area contributed by atoms with Crippen LogP contribution in [-0.4, -0.2) is 37.2 Å². The number of nitrogens with zero attached hydrogens (tertiary/aromatic N) is 4. The van der Waals surface area contributed by atoms with Gasteiger partial charge in [0.25, 0.3) is 5.69 Å². The highest BCUT2D eigenvalue weighted by Crippen LogP contribution is 2.46. The molecule has 3 aromatic rings. The number of phenols is 1. The Morgan fingerprint density at radius 1 is 1.27 bits per heavy atom. The number of aromatic hydroxyl groups is 1. The van der Waals surface area contributed by atoms with Gasteiger partial charge in [-0.3, -0.25) is 14.9 Å². The number of thioether (sulfide) groups is 1. The van der Waals surface area contributed by atoms with E-state index in [-0.39, 0.29) is 22.6 Å². The summed E-state index contributed by atoms with van der Waals surface area (Å²) in [7, 11) is 0. The minimum atomic E-state index is -0.533. The number of allylic oxidation sites excluding steroid dienone is 2. The zero-order valence-corrected chi connectivity index (χ0v) is 21.5. The van der Waals surface area contributed by atoms with E-state index in [1.807, 2.05) is 13.0 Å². The molecule has 11 heteroatoms. The molecular formula is C26H27N5O5S. The van der Waals surface area contributed by atoms with Crippen molar-refractivity contribution < 1.29 is 19.6 Å². The number of ether oxygens (including phenoxy) is 1. The van der Waals surface area contributed by atoms with Gasteiger partial charge in [0.15, 0.2) is 17.3 Å². The number of hydrogen-bond acceptors (Lipinski definition) is 9. The number of carbonyl (C=O) groups is 1. The van der Waals surface area contributed by atoms with E-state index in [4.69, 9.17) is 9.84 Å². The lowest BCUT2D eigenvalue weighted by molar-refractivity contribution is -0.384. The van der Waals surface area contributed by atoms with Gasteiger partial charge >= 0.3 is 0 Å². The standard InChI is InChI=1S/C26H27N5O5S/c1-4-36-21-11-16(8-9-19(21)32)23-22-18(12-26(2,3)13-20(22)33)27-24-28-25(29-30(23)24)37-14-15-6-5-7-17(10-15)31(34)35/h5-11,23,32H,4,12-14H2,1-3H3,(H,27,28,29). The third-order valence-corrected chi connectivity index (χ3v) is 7.31. The van der Waals surface area contributed by atoms with Crippen molar-refractivity contribution in [3.05, 3.63) is 75.0 Å². The molecule has 5 rings (SSSR count).